The summed E-state index contributed by atoms with van der Waals surface area (Å²) < 4.78 is 10.8. The van der Waals surface area contributed by atoms with E-state index >= 15 is 0 Å². The fraction of sp³-hybridized carbons (Fsp3) is 0.600. The second kappa shape index (κ2) is 5.70. The summed E-state index contributed by atoms with van der Waals surface area (Å²) in [6.45, 7) is 3.01. The van der Waals surface area contributed by atoms with Gasteiger partial charge in [-0.05, 0) is 31.9 Å². The third-order valence-corrected chi connectivity index (χ3v) is 4.18. The number of ether oxygens (including phenoxy) is 2. The van der Waals surface area contributed by atoms with Crippen LogP contribution in [0.25, 0.3) is 0 Å². The molecule has 19 heavy (non-hydrogen) atoms. The average Bonchev–Trinajstić information content (AvgIpc) is 2.38. The second-order valence-electron chi connectivity index (χ2n) is 5.34. The van der Waals surface area contributed by atoms with Gasteiger partial charge in [-0.1, -0.05) is 6.42 Å². The maximum atomic E-state index is 9.49. The van der Waals surface area contributed by atoms with E-state index in [2.05, 4.69) is 5.32 Å². The van der Waals surface area contributed by atoms with Crippen molar-refractivity contribution in [3.63, 3.8) is 0 Å². The fourth-order valence-corrected chi connectivity index (χ4v) is 2.65. The van der Waals surface area contributed by atoms with Crippen LogP contribution >= 0.6 is 0 Å². The Morgan fingerprint density at radius 3 is 2.47 bits per heavy atom. The third kappa shape index (κ3) is 2.63. The highest BCUT2D eigenvalue weighted by molar-refractivity contribution is 5.64. The smallest absolute Gasteiger partial charge is 0.148 e. The second-order valence-corrected chi connectivity index (χ2v) is 5.34. The molecule has 1 fully saturated rings. The maximum Gasteiger partial charge on any atom is 0.148 e. The zero-order chi connectivity index (χ0) is 13.9. The lowest BCUT2D eigenvalue weighted by atomic mass is 9.69. The molecule has 1 aromatic rings. The largest absolute Gasteiger partial charge is 0.496 e. The van der Waals surface area contributed by atoms with Gasteiger partial charge in [-0.3, -0.25) is 0 Å². The highest BCUT2D eigenvalue weighted by Crippen LogP contribution is 2.42. The Bertz CT molecular complexity index is 436. The van der Waals surface area contributed by atoms with E-state index in [0.29, 0.717) is 0 Å². The lowest BCUT2D eigenvalue weighted by Gasteiger charge is -2.40. The van der Waals surface area contributed by atoms with E-state index in [1.807, 2.05) is 19.1 Å². The SMILES string of the molecule is COc1ccc(NCC2(CO)CCC2)c(OC)c1C. The molecule has 1 aromatic carbocycles. The Balaban J connectivity index is 2.14. The van der Waals surface area contributed by atoms with Crippen molar-refractivity contribution in [3.05, 3.63) is 17.7 Å². The van der Waals surface area contributed by atoms with Crippen LogP contribution in [-0.2, 0) is 0 Å². The van der Waals surface area contributed by atoms with Crippen LogP contribution in [0.2, 0.25) is 0 Å². The number of hydrogen-bond acceptors (Lipinski definition) is 4. The molecule has 0 atom stereocenters. The van der Waals surface area contributed by atoms with Crippen molar-refractivity contribution < 1.29 is 14.6 Å². The predicted octanol–water partition coefficient (Wildman–Crippen LogP) is 2.59. The van der Waals surface area contributed by atoms with Crippen molar-refractivity contribution in [2.45, 2.75) is 26.2 Å². The van der Waals surface area contributed by atoms with Crippen LogP contribution in [0.1, 0.15) is 24.8 Å². The number of nitrogens with one attached hydrogen (secondary N) is 1. The van der Waals surface area contributed by atoms with Crippen LogP contribution in [0.5, 0.6) is 11.5 Å². The molecule has 1 aliphatic carbocycles. The van der Waals surface area contributed by atoms with E-state index in [9.17, 15) is 5.11 Å². The Morgan fingerprint density at radius 1 is 1.26 bits per heavy atom. The Kier molecular flexibility index (Phi) is 4.20. The number of benzene rings is 1. The van der Waals surface area contributed by atoms with Crippen LogP contribution < -0.4 is 14.8 Å². The lowest BCUT2D eigenvalue weighted by Crippen LogP contribution is -2.39. The molecule has 0 unspecified atom stereocenters. The van der Waals surface area contributed by atoms with Gasteiger partial charge in [0.1, 0.15) is 11.5 Å². The minimum Gasteiger partial charge on any atom is -0.496 e. The minimum atomic E-state index is 0.0544. The quantitative estimate of drug-likeness (QED) is 0.830. The van der Waals surface area contributed by atoms with Gasteiger partial charge in [0.25, 0.3) is 0 Å². The topological polar surface area (TPSA) is 50.7 Å². The molecule has 1 saturated carbocycles. The number of aliphatic hydroxyl groups excluding tert-OH is 1. The zero-order valence-electron chi connectivity index (χ0n) is 12.0. The molecular formula is C15H23NO3. The van der Waals surface area contributed by atoms with Gasteiger partial charge in [-0.2, -0.15) is 0 Å². The highest BCUT2D eigenvalue weighted by atomic mass is 16.5. The highest BCUT2D eigenvalue weighted by Gasteiger charge is 2.36. The van der Waals surface area contributed by atoms with E-state index in [-0.39, 0.29) is 12.0 Å². The summed E-state index contributed by atoms with van der Waals surface area (Å²) >= 11 is 0. The molecule has 0 radical (unpaired) electrons. The van der Waals surface area contributed by atoms with Gasteiger partial charge in [0.2, 0.25) is 0 Å². The van der Waals surface area contributed by atoms with Crippen molar-refractivity contribution in [2.75, 3.05) is 32.7 Å². The summed E-state index contributed by atoms with van der Waals surface area (Å²) in [5.74, 6) is 1.63. The summed E-state index contributed by atoms with van der Waals surface area (Å²) in [4.78, 5) is 0. The number of aliphatic hydroxyl groups is 1. The first-order valence-corrected chi connectivity index (χ1v) is 6.72. The van der Waals surface area contributed by atoms with Crippen LogP contribution in [0, 0.1) is 12.3 Å². The third-order valence-electron chi connectivity index (χ3n) is 4.18. The molecule has 1 aliphatic rings. The minimum absolute atomic E-state index is 0.0544. The van der Waals surface area contributed by atoms with Crippen LogP contribution in [0.15, 0.2) is 12.1 Å². The standard InChI is InChI=1S/C15H23NO3/c1-11-13(18-2)6-5-12(14(11)19-3)16-9-15(10-17)7-4-8-15/h5-6,16-17H,4,7-10H2,1-3H3. The summed E-state index contributed by atoms with van der Waals surface area (Å²) in [7, 11) is 3.32. The zero-order valence-corrected chi connectivity index (χ0v) is 12.0. The molecule has 4 nitrogen and oxygen atoms in total. The number of hydrogen-bond donors (Lipinski definition) is 2. The molecule has 106 valence electrons. The number of methoxy groups -OCH3 is 2. The summed E-state index contributed by atoms with van der Waals surface area (Å²) in [6.07, 6.45) is 3.39. The van der Waals surface area contributed by atoms with Gasteiger partial charge in [-0.25, -0.2) is 0 Å². The van der Waals surface area contributed by atoms with Crippen molar-refractivity contribution in [1.82, 2.24) is 0 Å². The first kappa shape index (κ1) is 14.0. The Labute approximate surface area is 114 Å². The van der Waals surface area contributed by atoms with Crippen LogP contribution in [0.4, 0.5) is 5.69 Å². The van der Waals surface area contributed by atoms with E-state index in [0.717, 1.165) is 42.1 Å². The van der Waals surface area contributed by atoms with Gasteiger partial charge in [0.15, 0.2) is 0 Å². The molecular weight excluding hydrogens is 242 g/mol. The molecule has 4 heteroatoms. The van der Waals surface area contributed by atoms with Gasteiger partial charge in [-0.15, -0.1) is 0 Å². The maximum absolute atomic E-state index is 9.49. The molecule has 2 N–H and O–H groups in total. The first-order valence-electron chi connectivity index (χ1n) is 6.72. The van der Waals surface area contributed by atoms with Gasteiger partial charge >= 0.3 is 0 Å². The van der Waals surface area contributed by atoms with Gasteiger partial charge in [0, 0.05) is 17.5 Å². The molecule has 0 bridgehead atoms. The monoisotopic (exact) mass is 265 g/mol. The summed E-state index contributed by atoms with van der Waals surface area (Å²) in [6, 6.07) is 3.90. The summed E-state index contributed by atoms with van der Waals surface area (Å²) in [5, 5.41) is 12.9. The summed E-state index contributed by atoms with van der Waals surface area (Å²) in [5.41, 5.74) is 2.00. The average molecular weight is 265 g/mol. The van der Waals surface area contributed by atoms with Gasteiger partial charge in [0.05, 0.1) is 26.5 Å². The Hall–Kier alpha value is -1.42. The fourth-order valence-electron chi connectivity index (χ4n) is 2.65. The normalized spacial score (nSPS) is 16.6. The van der Waals surface area contributed by atoms with Crippen molar-refractivity contribution >= 4 is 5.69 Å². The lowest BCUT2D eigenvalue weighted by molar-refractivity contribution is 0.0576. The van der Waals surface area contributed by atoms with Crippen molar-refractivity contribution in [3.8, 4) is 11.5 Å². The van der Waals surface area contributed by atoms with E-state index < -0.39 is 0 Å². The van der Waals surface area contributed by atoms with Crippen molar-refractivity contribution in [2.24, 2.45) is 5.41 Å². The molecule has 0 saturated heterocycles. The molecule has 0 aromatic heterocycles. The van der Waals surface area contributed by atoms with E-state index in [4.69, 9.17) is 9.47 Å². The first-order chi connectivity index (χ1) is 9.15. The van der Waals surface area contributed by atoms with Crippen LogP contribution in [0.3, 0.4) is 0 Å². The molecule has 0 amide bonds. The van der Waals surface area contributed by atoms with Crippen molar-refractivity contribution in [1.29, 1.82) is 0 Å². The Morgan fingerprint density at radius 2 is 2.00 bits per heavy atom. The molecule has 0 aliphatic heterocycles. The predicted molar refractivity (Wildman–Crippen MR) is 76.1 cm³/mol. The van der Waals surface area contributed by atoms with Gasteiger partial charge < -0.3 is 19.9 Å². The molecule has 0 spiro atoms. The van der Waals surface area contributed by atoms with E-state index in [1.165, 1.54) is 6.42 Å². The number of anilines is 1. The molecule has 2 rings (SSSR count). The number of rotatable bonds is 6. The molecule has 0 heterocycles. The van der Waals surface area contributed by atoms with E-state index in [1.54, 1.807) is 14.2 Å². The van der Waals surface area contributed by atoms with Crippen LogP contribution in [-0.4, -0.2) is 32.5 Å².